The zero-order valence-corrected chi connectivity index (χ0v) is 16.9. The number of hydrogen-bond acceptors (Lipinski definition) is 3. The van der Waals surface area contributed by atoms with Gasteiger partial charge in [0, 0.05) is 28.7 Å². The van der Waals surface area contributed by atoms with Crippen LogP contribution in [0.3, 0.4) is 0 Å². The summed E-state index contributed by atoms with van der Waals surface area (Å²) >= 11 is 0. The fourth-order valence-corrected chi connectivity index (χ4v) is 4.50. The van der Waals surface area contributed by atoms with E-state index in [1.54, 1.807) is 0 Å². The molecule has 2 atom stereocenters. The Morgan fingerprint density at radius 2 is 2.04 bits per heavy atom. The number of methoxy groups -OCH3 is 1. The van der Waals surface area contributed by atoms with E-state index in [2.05, 4.69) is 66.2 Å². The van der Waals surface area contributed by atoms with Crippen LogP contribution in [-0.4, -0.2) is 17.6 Å². The highest BCUT2D eigenvalue weighted by molar-refractivity contribution is 5.88. The molecule has 2 aromatic carbocycles. The molecule has 0 spiro atoms. The van der Waals surface area contributed by atoms with E-state index in [0.717, 1.165) is 24.8 Å². The van der Waals surface area contributed by atoms with Crippen LogP contribution in [0, 0.1) is 6.92 Å². The highest BCUT2D eigenvalue weighted by Crippen LogP contribution is 2.39. The highest BCUT2D eigenvalue weighted by Gasteiger charge is 2.29. The molecule has 0 saturated carbocycles. The summed E-state index contributed by atoms with van der Waals surface area (Å²) in [6.45, 7) is 4.59. The molecule has 4 rings (SSSR count). The van der Waals surface area contributed by atoms with Crippen molar-refractivity contribution in [2.45, 2.75) is 51.7 Å². The van der Waals surface area contributed by atoms with Crippen molar-refractivity contribution in [2.24, 2.45) is 0 Å². The third-order valence-electron chi connectivity index (χ3n) is 5.88. The monoisotopic (exact) mass is 376 g/mol. The molecule has 1 heterocycles. The van der Waals surface area contributed by atoms with Crippen molar-refractivity contribution >= 4 is 16.9 Å². The summed E-state index contributed by atoms with van der Waals surface area (Å²) in [4.78, 5) is 12.2. The van der Waals surface area contributed by atoms with Crippen molar-refractivity contribution in [1.29, 1.82) is 0 Å². The smallest absolute Gasteiger partial charge is 0.325 e. The number of aromatic nitrogens is 1. The zero-order chi connectivity index (χ0) is 19.7. The summed E-state index contributed by atoms with van der Waals surface area (Å²) in [5.41, 5.74) is 6.29. The van der Waals surface area contributed by atoms with Gasteiger partial charge in [-0.05, 0) is 56.4 Å². The van der Waals surface area contributed by atoms with Gasteiger partial charge >= 0.3 is 5.97 Å². The van der Waals surface area contributed by atoms with Gasteiger partial charge in [-0.15, -0.1) is 0 Å². The Morgan fingerprint density at radius 1 is 1.25 bits per heavy atom. The van der Waals surface area contributed by atoms with E-state index in [-0.39, 0.29) is 24.6 Å². The van der Waals surface area contributed by atoms with E-state index >= 15 is 0 Å². The van der Waals surface area contributed by atoms with Gasteiger partial charge in [0.05, 0.1) is 7.11 Å². The maximum absolute atomic E-state index is 12.2. The van der Waals surface area contributed by atoms with Crippen LogP contribution in [0.2, 0.25) is 0 Å². The topological polar surface area (TPSA) is 43.3 Å². The van der Waals surface area contributed by atoms with Gasteiger partial charge in [-0.3, -0.25) is 4.79 Å². The van der Waals surface area contributed by atoms with Gasteiger partial charge in [-0.2, -0.15) is 0 Å². The van der Waals surface area contributed by atoms with Crippen LogP contribution >= 0.6 is 0 Å². The molecule has 4 nitrogen and oxygen atoms in total. The third-order valence-corrected chi connectivity index (χ3v) is 5.88. The van der Waals surface area contributed by atoms with Crippen molar-refractivity contribution in [2.75, 3.05) is 7.11 Å². The summed E-state index contributed by atoms with van der Waals surface area (Å²) in [7, 11) is 1.46. The third kappa shape index (κ3) is 3.45. The van der Waals surface area contributed by atoms with Gasteiger partial charge in [0.1, 0.15) is 6.54 Å². The molecule has 0 radical (unpaired) electrons. The Kier molecular flexibility index (Phi) is 5.23. The number of aryl methyl sites for hydroxylation is 2. The van der Waals surface area contributed by atoms with E-state index in [9.17, 15) is 4.79 Å². The molecular formula is C24H28N2O2. The number of ether oxygens (including phenoxy) is 1. The maximum atomic E-state index is 12.2. The molecule has 4 heteroatoms. The molecule has 0 aliphatic heterocycles. The number of esters is 1. The second kappa shape index (κ2) is 7.80. The Labute approximate surface area is 166 Å². The first-order valence-electron chi connectivity index (χ1n) is 10.1. The van der Waals surface area contributed by atoms with E-state index in [4.69, 9.17) is 4.74 Å². The van der Waals surface area contributed by atoms with E-state index in [1.807, 2.05) is 6.07 Å². The molecule has 1 aromatic heterocycles. The minimum atomic E-state index is -0.208. The van der Waals surface area contributed by atoms with Crippen LogP contribution in [0.15, 0.2) is 48.5 Å². The van der Waals surface area contributed by atoms with Crippen LogP contribution < -0.4 is 5.32 Å². The predicted molar refractivity (Wildman–Crippen MR) is 112 cm³/mol. The van der Waals surface area contributed by atoms with Gasteiger partial charge in [0.15, 0.2) is 0 Å². The number of fused-ring (bicyclic) bond motifs is 3. The molecule has 1 N–H and O–H groups in total. The van der Waals surface area contributed by atoms with Crippen LogP contribution in [0.5, 0.6) is 0 Å². The fourth-order valence-electron chi connectivity index (χ4n) is 4.50. The van der Waals surface area contributed by atoms with Gasteiger partial charge in [-0.25, -0.2) is 0 Å². The van der Waals surface area contributed by atoms with Crippen LogP contribution in [0.4, 0.5) is 0 Å². The summed E-state index contributed by atoms with van der Waals surface area (Å²) in [5.74, 6) is -0.208. The van der Waals surface area contributed by atoms with Crippen molar-refractivity contribution in [3.8, 4) is 0 Å². The number of nitrogens with zero attached hydrogens (tertiary/aromatic N) is 1. The van der Waals surface area contributed by atoms with Gasteiger partial charge < -0.3 is 14.6 Å². The molecule has 1 aliphatic rings. The quantitative estimate of drug-likeness (QED) is 0.647. The number of nitrogens with one attached hydrogen (secondary N) is 1. The molecule has 3 aromatic rings. The van der Waals surface area contributed by atoms with Gasteiger partial charge in [0.2, 0.25) is 0 Å². The number of rotatable bonds is 5. The van der Waals surface area contributed by atoms with Crippen molar-refractivity contribution in [1.82, 2.24) is 9.88 Å². The van der Waals surface area contributed by atoms with E-state index in [0.29, 0.717) is 0 Å². The molecule has 28 heavy (non-hydrogen) atoms. The Hall–Kier alpha value is -2.59. The predicted octanol–water partition coefficient (Wildman–Crippen LogP) is 4.85. The lowest BCUT2D eigenvalue weighted by molar-refractivity contribution is -0.141. The van der Waals surface area contributed by atoms with Gasteiger partial charge in [-0.1, -0.05) is 42.0 Å². The maximum Gasteiger partial charge on any atom is 0.325 e. The average molecular weight is 377 g/mol. The lowest BCUT2D eigenvalue weighted by atomic mass is 9.90. The molecule has 146 valence electrons. The largest absolute Gasteiger partial charge is 0.468 e. The molecule has 0 amide bonds. The Bertz CT molecular complexity index is 991. The highest BCUT2D eigenvalue weighted by atomic mass is 16.5. The van der Waals surface area contributed by atoms with E-state index < -0.39 is 0 Å². The number of hydrogen-bond donors (Lipinski definition) is 1. The minimum absolute atomic E-state index is 0.208. The molecule has 0 saturated heterocycles. The number of carbonyl (C=O) groups excluding carboxylic acids is 1. The molecule has 0 fully saturated rings. The SMILES string of the molecule is COC(=O)Cn1c2c(c3cc(C)ccc31)CCC[C@H]2N[C@H](C)c1ccccc1. The van der Waals surface area contributed by atoms with Crippen LogP contribution in [0.25, 0.3) is 10.9 Å². The lowest BCUT2D eigenvalue weighted by Crippen LogP contribution is -2.30. The zero-order valence-electron chi connectivity index (χ0n) is 16.9. The first-order chi connectivity index (χ1) is 13.6. The lowest BCUT2D eigenvalue weighted by Gasteiger charge is -2.29. The van der Waals surface area contributed by atoms with Crippen molar-refractivity contribution in [3.63, 3.8) is 0 Å². The molecular weight excluding hydrogens is 348 g/mol. The summed E-state index contributed by atoms with van der Waals surface area (Å²) in [6, 6.07) is 17.5. The summed E-state index contributed by atoms with van der Waals surface area (Å²) in [6.07, 6.45) is 3.28. The van der Waals surface area contributed by atoms with Crippen LogP contribution in [-0.2, 0) is 22.5 Å². The minimum Gasteiger partial charge on any atom is -0.468 e. The number of benzene rings is 2. The summed E-state index contributed by atoms with van der Waals surface area (Å²) < 4.78 is 7.16. The first-order valence-corrected chi connectivity index (χ1v) is 10.1. The average Bonchev–Trinajstić information content (AvgIpc) is 3.02. The molecule has 1 aliphatic carbocycles. The van der Waals surface area contributed by atoms with Crippen molar-refractivity contribution in [3.05, 3.63) is 70.9 Å². The Morgan fingerprint density at radius 3 is 2.79 bits per heavy atom. The number of carbonyl (C=O) groups is 1. The van der Waals surface area contributed by atoms with Crippen LogP contribution in [0.1, 0.15) is 54.2 Å². The molecule has 0 bridgehead atoms. The van der Waals surface area contributed by atoms with Gasteiger partial charge in [0.25, 0.3) is 0 Å². The molecule has 0 unspecified atom stereocenters. The normalized spacial score (nSPS) is 17.3. The second-order valence-electron chi connectivity index (χ2n) is 7.79. The van der Waals surface area contributed by atoms with Crippen molar-refractivity contribution < 1.29 is 9.53 Å². The Balaban J connectivity index is 1.78. The summed E-state index contributed by atoms with van der Waals surface area (Å²) in [5, 5.41) is 5.10. The standard InChI is InChI=1S/C24H28N2O2/c1-16-12-13-22-20(14-16)19-10-7-11-21(24(19)26(22)15-23(27)28-3)25-17(2)18-8-5-4-6-9-18/h4-6,8-9,12-14,17,21,25H,7,10-11,15H2,1-3H3/t17-,21-/m1/s1. The second-order valence-corrected chi connectivity index (χ2v) is 7.79. The first kappa shape index (κ1) is 18.8. The fraction of sp³-hybridized carbons (Fsp3) is 0.375. The van der Waals surface area contributed by atoms with E-state index in [1.165, 1.54) is 34.9 Å².